The van der Waals surface area contributed by atoms with E-state index in [4.69, 9.17) is 0 Å². The van der Waals surface area contributed by atoms with Crippen LogP contribution in [0, 0.1) is 27.7 Å². The van der Waals surface area contributed by atoms with E-state index in [1.807, 2.05) is 0 Å². The van der Waals surface area contributed by atoms with Gasteiger partial charge in [-0.15, -0.1) is 0 Å². The highest BCUT2D eigenvalue weighted by molar-refractivity contribution is 6.13. The summed E-state index contributed by atoms with van der Waals surface area (Å²) in [6, 6.07) is 56.3. The summed E-state index contributed by atoms with van der Waals surface area (Å²) in [7, 11) is 0. The van der Waals surface area contributed by atoms with Crippen molar-refractivity contribution in [1.29, 1.82) is 0 Å². The monoisotopic (exact) mass is 697 g/mol. The van der Waals surface area contributed by atoms with Crippen molar-refractivity contribution >= 4 is 49.8 Å². The number of aryl methyl sites for hydroxylation is 4. The number of benzene rings is 7. The third-order valence-corrected chi connectivity index (χ3v) is 11.8. The summed E-state index contributed by atoms with van der Waals surface area (Å²) in [4.78, 5) is 2.45. The minimum absolute atomic E-state index is 0.237. The first-order valence-electron chi connectivity index (χ1n) is 19.0. The molecule has 54 heavy (non-hydrogen) atoms. The molecular weight excluding hydrogens is 655 g/mol. The van der Waals surface area contributed by atoms with Crippen molar-refractivity contribution in [2.75, 3.05) is 4.90 Å². The maximum atomic E-state index is 2.56. The molecule has 10 rings (SSSR count). The van der Waals surface area contributed by atoms with E-state index >= 15 is 0 Å². The first-order chi connectivity index (χ1) is 26.2. The van der Waals surface area contributed by atoms with Gasteiger partial charge in [0.05, 0.1) is 22.2 Å². The van der Waals surface area contributed by atoms with Crippen LogP contribution in [0.2, 0.25) is 0 Å². The maximum Gasteiger partial charge on any atom is 0.0545 e. The number of nitrogens with zero attached hydrogens (tertiary/aromatic N) is 3. The highest BCUT2D eigenvalue weighted by atomic mass is 15.1. The van der Waals surface area contributed by atoms with Gasteiger partial charge < -0.3 is 14.0 Å². The second-order valence-corrected chi connectivity index (χ2v) is 15.7. The Bertz CT molecular complexity index is 2890. The van der Waals surface area contributed by atoms with Gasteiger partial charge in [0.15, 0.2) is 0 Å². The minimum atomic E-state index is -0.237. The summed E-state index contributed by atoms with van der Waals surface area (Å²) in [5.74, 6) is 0. The van der Waals surface area contributed by atoms with Crippen molar-refractivity contribution in [3.05, 3.63) is 185 Å². The molecule has 0 aliphatic carbocycles. The van der Waals surface area contributed by atoms with E-state index in [2.05, 4.69) is 207 Å². The Hall–Kier alpha value is -6.32. The molecule has 3 heteroatoms. The fraction of sp³-hybridized carbons (Fsp3) is 0.137. The number of aromatic nitrogens is 2. The molecule has 0 radical (unpaired) electrons. The number of para-hydroxylation sites is 2. The molecule has 2 aromatic heterocycles. The van der Waals surface area contributed by atoms with Gasteiger partial charge in [0.1, 0.15) is 0 Å². The van der Waals surface area contributed by atoms with Crippen LogP contribution >= 0.6 is 0 Å². The van der Waals surface area contributed by atoms with Crippen LogP contribution in [-0.4, -0.2) is 9.13 Å². The lowest BCUT2D eigenvalue weighted by molar-refractivity contribution is 0.647. The van der Waals surface area contributed by atoms with E-state index < -0.39 is 0 Å². The van der Waals surface area contributed by atoms with Gasteiger partial charge in [-0.05, 0) is 111 Å². The maximum absolute atomic E-state index is 2.56. The zero-order valence-electron chi connectivity index (χ0n) is 31.8. The first-order valence-corrected chi connectivity index (χ1v) is 19.0. The first kappa shape index (κ1) is 32.3. The molecule has 262 valence electrons. The number of hydrogen-bond donors (Lipinski definition) is 0. The Kier molecular flexibility index (Phi) is 7.09. The summed E-state index contributed by atoms with van der Waals surface area (Å²) >= 11 is 0. The molecule has 0 bridgehead atoms. The molecular formula is C51H43N3. The zero-order chi connectivity index (χ0) is 36.9. The van der Waals surface area contributed by atoms with E-state index in [1.165, 1.54) is 94.4 Å². The van der Waals surface area contributed by atoms with Crippen molar-refractivity contribution in [3.8, 4) is 22.5 Å². The highest BCUT2D eigenvalue weighted by Crippen LogP contribution is 2.53. The summed E-state index contributed by atoms with van der Waals surface area (Å²) in [6.45, 7) is 13.6. The van der Waals surface area contributed by atoms with Gasteiger partial charge in [-0.3, -0.25) is 0 Å². The van der Waals surface area contributed by atoms with Crippen molar-refractivity contribution < 1.29 is 0 Å². The normalized spacial score (nSPS) is 13.1. The molecule has 3 nitrogen and oxygen atoms in total. The standard InChI is InChI=1S/C51H43N3/c1-32-21-24-43(34(3)27-32)53(44-25-22-33(2)28-35(44)4)38-23-26-46-40(29-38)41-30-48-42(31-47(41)52(46)37-17-11-8-12-18-37)51(5,6)50-49(36-15-9-7-10-16-36)39-19-13-14-20-45(39)54(48)50/h7-31H,1-6H3. The highest BCUT2D eigenvalue weighted by Gasteiger charge is 2.41. The molecule has 1 aliphatic rings. The van der Waals surface area contributed by atoms with E-state index in [0.29, 0.717) is 0 Å². The SMILES string of the molecule is Cc1ccc(N(c2ccc3c(c2)c2cc4c(cc2n3-c2ccccc2)C(C)(C)c2c(-c3ccccc3)c3ccccc3n2-4)c2ccc(C)cc2C)c(C)c1. The van der Waals surface area contributed by atoms with Crippen LogP contribution in [0.4, 0.5) is 17.1 Å². The van der Waals surface area contributed by atoms with Crippen LogP contribution < -0.4 is 4.90 Å². The third kappa shape index (κ3) is 4.67. The summed E-state index contributed by atoms with van der Waals surface area (Å²) < 4.78 is 5.02. The van der Waals surface area contributed by atoms with Crippen molar-refractivity contribution in [3.63, 3.8) is 0 Å². The van der Waals surface area contributed by atoms with Gasteiger partial charge >= 0.3 is 0 Å². The van der Waals surface area contributed by atoms with Crippen LogP contribution in [0.3, 0.4) is 0 Å². The molecule has 0 amide bonds. The lowest BCUT2D eigenvalue weighted by atomic mass is 9.80. The van der Waals surface area contributed by atoms with Gasteiger partial charge in [-0.1, -0.05) is 116 Å². The lowest BCUT2D eigenvalue weighted by Gasteiger charge is -2.29. The van der Waals surface area contributed by atoms with E-state index in [-0.39, 0.29) is 5.41 Å². The van der Waals surface area contributed by atoms with Gasteiger partial charge in [0.2, 0.25) is 0 Å². The Balaban J connectivity index is 1.29. The van der Waals surface area contributed by atoms with Crippen molar-refractivity contribution in [1.82, 2.24) is 9.13 Å². The van der Waals surface area contributed by atoms with Crippen molar-refractivity contribution in [2.24, 2.45) is 0 Å². The van der Waals surface area contributed by atoms with Crippen LogP contribution in [0.15, 0.2) is 152 Å². The fourth-order valence-corrected chi connectivity index (χ4v) is 9.35. The third-order valence-electron chi connectivity index (χ3n) is 11.8. The molecule has 3 heterocycles. The van der Waals surface area contributed by atoms with Crippen molar-refractivity contribution in [2.45, 2.75) is 47.0 Å². The average molecular weight is 698 g/mol. The summed E-state index contributed by atoms with van der Waals surface area (Å²) in [5.41, 5.74) is 19.7. The molecule has 7 aromatic carbocycles. The van der Waals surface area contributed by atoms with Crippen LogP contribution in [0.1, 0.15) is 47.4 Å². The fourth-order valence-electron chi connectivity index (χ4n) is 9.35. The Labute approximate surface area is 317 Å². The number of fused-ring (bicyclic) bond motifs is 8. The summed E-state index contributed by atoms with van der Waals surface area (Å²) in [5, 5.41) is 3.78. The largest absolute Gasteiger partial charge is 0.312 e. The number of anilines is 3. The minimum Gasteiger partial charge on any atom is -0.312 e. The molecule has 9 aromatic rings. The van der Waals surface area contributed by atoms with Crippen LogP contribution in [-0.2, 0) is 5.41 Å². The zero-order valence-corrected chi connectivity index (χ0v) is 31.8. The van der Waals surface area contributed by atoms with E-state index in [1.54, 1.807) is 0 Å². The smallest absolute Gasteiger partial charge is 0.0545 e. The molecule has 1 aliphatic heterocycles. The molecule has 0 saturated carbocycles. The molecule has 0 unspecified atom stereocenters. The Morgan fingerprint density at radius 2 is 1.07 bits per heavy atom. The molecule has 0 saturated heterocycles. The predicted molar refractivity (Wildman–Crippen MR) is 229 cm³/mol. The summed E-state index contributed by atoms with van der Waals surface area (Å²) in [6.07, 6.45) is 0. The topological polar surface area (TPSA) is 13.1 Å². The molecule has 0 atom stereocenters. The van der Waals surface area contributed by atoms with Gasteiger partial charge in [0, 0.05) is 55.6 Å². The lowest BCUT2D eigenvalue weighted by Crippen LogP contribution is -2.16. The second-order valence-electron chi connectivity index (χ2n) is 15.7. The number of hydrogen-bond acceptors (Lipinski definition) is 1. The van der Waals surface area contributed by atoms with Gasteiger partial charge in [-0.2, -0.15) is 0 Å². The Morgan fingerprint density at radius 3 is 1.74 bits per heavy atom. The second kappa shape index (κ2) is 11.8. The number of rotatable bonds is 5. The van der Waals surface area contributed by atoms with Crippen LogP contribution in [0.25, 0.3) is 55.2 Å². The van der Waals surface area contributed by atoms with Gasteiger partial charge in [-0.25, -0.2) is 0 Å². The molecule has 0 spiro atoms. The van der Waals surface area contributed by atoms with E-state index in [0.717, 1.165) is 11.4 Å². The Morgan fingerprint density at radius 1 is 0.481 bits per heavy atom. The van der Waals surface area contributed by atoms with Crippen LogP contribution in [0.5, 0.6) is 0 Å². The molecule has 0 N–H and O–H groups in total. The average Bonchev–Trinajstić information content (AvgIpc) is 3.77. The quantitative estimate of drug-likeness (QED) is 0.174. The van der Waals surface area contributed by atoms with E-state index in [9.17, 15) is 0 Å². The molecule has 0 fully saturated rings. The van der Waals surface area contributed by atoms with Gasteiger partial charge in [0.25, 0.3) is 0 Å². The predicted octanol–water partition coefficient (Wildman–Crippen LogP) is 13.7.